The number of fused-ring (bicyclic) bond motifs is 2. The van der Waals surface area contributed by atoms with Crippen LogP contribution in [0.15, 0.2) is 82.6 Å². The van der Waals surface area contributed by atoms with E-state index in [9.17, 15) is 0 Å². The molecule has 0 radical (unpaired) electrons. The molecule has 0 fully saturated rings. The molecule has 0 saturated carbocycles. The van der Waals surface area contributed by atoms with Gasteiger partial charge in [0.2, 0.25) is 0 Å². The van der Waals surface area contributed by atoms with Gasteiger partial charge < -0.3 is 4.90 Å². The molecular formula is C21H21NS. The maximum Gasteiger partial charge on any atom is 0.0604 e. The zero-order valence-electron chi connectivity index (χ0n) is 13.8. The first-order valence-corrected chi connectivity index (χ1v) is 8.87. The Kier molecular flexibility index (Phi) is 4.73. The van der Waals surface area contributed by atoms with Crippen molar-refractivity contribution in [3.8, 4) is 0 Å². The van der Waals surface area contributed by atoms with Crippen molar-refractivity contribution in [3.05, 3.63) is 78.4 Å². The van der Waals surface area contributed by atoms with E-state index in [0.717, 1.165) is 0 Å². The highest BCUT2D eigenvalue weighted by atomic mass is 32.2. The number of benzene rings is 3. The Labute approximate surface area is 143 Å². The van der Waals surface area contributed by atoms with Crippen molar-refractivity contribution >= 4 is 28.8 Å². The summed E-state index contributed by atoms with van der Waals surface area (Å²) in [4.78, 5) is 4.97. The molecule has 1 nitrogen and oxygen atoms in total. The van der Waals surface area contributed by atoms with Gasteiger partial charge in [-0.3, -0.25) is 0 Å². The van der Waals surface area contributed by atoms with Gasteiger partial charge in [-0.25, -0.2) is 0 Å². The van der Waals surface area contributed by atoms with E-state index in [1.807, 2.05) is 25.6 Å². The predicted octanol–water partition coefficient (Wildman–Crippen LogP) is 6.96. The lowest BCUT2D eigenvalue weighted by molar-refractivity contribution is 1.16. The van der Waals surface area contributed by atoms with Gasteiger partial charge in [0.05, 0.1) is 11.4 Å². The number of nitrogens with zero attached hydrogens (tertiary/aromatic N) is 1. The van der Waals surface area contributed by atoms with Crippen LogP contribution in [-0.2, 0) is 0 Å². The van der Waals surface area contributed by atoms with Gasteiger partial charge in [-0.15, -0.1) is 0 Å². The van der Waals surface area contributed by atoms with E-state index in [-0.39, 0.29) is 0 Å². The molecule has 3 aromatic carbocycles. The minimum absolute atomic E-state index is 1.21. The lowest BCUT2D eigenvalue weighted by Gasteiger charge is -2.33. The second kappa shape index (κ2) is 6.93. The van der Waals surface area contributed by atoms with Crippen LogP contribution in [0.5, 0.6) is 0 Å². The first-order valence-electron chi connectivity index (χ1n) is 8.06. The van der Waals surface area contributed by atoms with E-state index in [1.165, 1.54) is 32.4 Å². The second-order valence-electron chi connectivity index (χ2n) is 5.21. The minimum atomic E-state index is 1.21. The fraction of sp³-hybridized carbons (Fsp3) is 0.143. The van der Waals surface area contributed by atoms with E-state index in [2.05, 4.69) is 84.6 Å². The standard InChI is InChI=1S/C19H15NS.C2H6/c1-14-11-12-19-17(13-14)20(15-7-3-2-4-8-15)16-9-5-6-10-18(16)21-19;1-2/h2-13H,1H3;1-2H3. The van der Waals surface area contributed by atoms with Crippen molar-refractivity contribution < 1.29 is 0 Å². The highest BCUT2D eigenvalue weighted by Crippen LogP contribution is 2.51. The summed E-state index contributed by atoms with van der Waals surface area (Å²) in [5.74, 6) is 0. The maximum absolute atomic E-state index is 2.36. The molecule has 0 N–H and O–H groups in total. The maximum atomic E-state index is 2.36. The molecule has 23 heavy (non-hydrogen) atoms. The van der Waals surface area contributed by atoms with Gasteiger partial charge in [0.15, 0.2) is 0 Å². The lowest BCUT2D eigenvalue weighted by atomic mass is 10.1. The van der Waals surface area contributed by atoms with Crippen LogP contribution in [0.4, 0.5) is 17.1 Å². The molecule has 0 aliphatic carbocycles. The van der Waals surface area contributed by atoms with E-state index >= 15 is 0 Å². The third-order valence-corrected chi connectivity index (χ3v) is 4.83. The summed E-state index contributed by atoms with van der Waals surface area (Å²) in [5, 5.41) is 0. The van der Waals surface area contributed by atoms with Gasteiger partial charge in [-0.2, -0.15) is 0 Å². The van der Waals surface area contributed by atoms with Gasteiger partial charge in [0.1, 0.15) is 0 Å². The zero-order valence-corrected chi connectivity index (χ0v) is 14.6. The van der Waals surface area contributed by atoms with Crippen LogP contribution in [-0.4, -0.2) is 0 Å². The van der Waals surface area contributed by atoms with Gasteiger partial charge >= 0.3 is 0 Å². The molecule has 0 aromatic heterocycles. The third kappa shape index (κ3) is 2.99. The molecule has 0 atom stereocenters. The van der Waals surface area contributed by atoms with E-state index in [0.29, 0.717) is 0 Å². The van der Waals surface area contributed by atoms with Crippen molar-refractivity contribution in [1.82, 2.24) is 0 Å². The predicted molar refractivity (Wildman–Crippen MR) is 101 cm³/mol. The summed E-state index contributed by atoms with van der Waals surface area (Å²) in [6.07, 6.45) is 0. The molecule has 0 saturated heterocycles. The van der Waals surface area contributed by atoms with Crippen molar-refractivity contribution in [2.75, 3.05) is 4.90 Å². The second-order valence-corrected chi connectivity index (χ2v) is 6.30. The molecule has 3 aromatic rings. The van der Waals surface area contributed by atoms with Crippen LogP contribution >= 0.6 is 11.8 Å². The van der Waals surface area contributed by atoms with Crippen molar-refractivity contribution in [1.29, 1.82) is 0 Å². The van der Waals surface area contributed by atoms with Gasteiger partial charge in [0.25, 0.3) is 0 Å². The normalized spacial score (nSPS) is 11.9. The van der Waals surface area contributed by atoms with Crippen LogP contribution < -0.4 is 4.90 Å². The summed E-state index contributed by atoms with van der Waals surface area (Å²) in [6.45, 7) is 6.15. The SMILES string of the molecule is CC.Cc1ccc2c(c1)N(c1ccccc1)c1ccccc1S2. The van der Waals surface area contributed by atoms with Crippen LogP contribution in [0, 0.1) is 6.92 Å². The molecule has 1 aliphatic heterocycles. The van der Waals surface area contributed by atoms with Crippen molar-refractivity contribution in [2.45, 2.75) is 30.6 Å². The number of rotatable bonds is 1. The molecule has 4 rings (SSSR count). The van der Waals surface area contributed by atoms with Gasteiger partial charge in [-0.05, 0) is 48.9 Å². The Morgan fingerprint density at radius 1 is 0.696 bits per heavy atom. The van der Waals surface area contributed by atoms with Gasteiger partial charge in [-0.1, -0.05) is 62.0 Å². The topological polar surface area (TPSA) is 3.24 Å². The molecule has 1 aliphatic rings. The molecule has 116 valence electrons. The molecule has 0 bridgehead atoms. The highest BCUT2D eigenvalue weighted by molar-refractivity contribution is 7.99. The minimum Gasteiger partial charge on any atom is -0.308 e. The highest BCUT2D eigenvalue weighted by Gasteiger charge is 2.24. The number of hydrogen-bond acceptors (Lipinski definition) is 2. The van der Waals surface area contributed by atoms with Crippen LogP contribution in [0.3, 0.4) is 0 Å². The zero-order chi connectivity index (χ0) is 16.2. The number of para-hydroxylation sites is 2. The summed E-state index contributed by atoms with van der Waals surface area (Å²) in [6, 6.07) is 25.9. The summed E-state index contributed by atoms with van der Waals surface area (Å²) >= 11 is 1.85. The Balaban J connectivity index is 0.000000753. The summed E-state index contributed by atoms with van der Waals surface area (Å²) in [5.41, 5.74) is 5.02. The Bertz CT molecular complexity index is 796. The number of aryl methyl sites for hydroxylation is 1. The summed E-state index contributed by atoms with van der Waals surface area (Å²) < 4.78 is 0. The molecular weight excluding hydrogens is 298 g/mol. The lowest BCUT2D eigenvalue weighted by Crippen LogP contribution is -2.14. The smallest absolute Gasteiger partial charge is 0.0604 e. The Morgan fingerprint density at radius 2 is 1.35 bits per heavy atom. The first kappa shape index (κ1) is 15.7. The van der Waals surface area contributed by atoms with E-state index < -0.39 is 0 Å². The van der Waals surface area contributed by atoms with E-state index in [1.54, 1.807) is 0 Å². The number of anilines is 3. The molecule has 2 heteroatoms. The summed E-state index contributed by atoms with van der Waals surface area (Å²) in [7, 11) is 0. The first-order chi connectivity index (χ1) is 11.3. The number of hydrogen-bond donors (Lipinski definition) is 0. The van der Waals surface area contributed by atoms with Crippen LogP contribution in [0.25, 0.3) is 0 Å². The quantitative estimate of drug-likeness (QED) is 0.373. The molecule has 0 spiro atoms. The fourth-order valence-corrected chi connectivity index (χ4v) is 3.76. The van der Waals surface area contributed by atoms with Crippen molar-refractivity contribution in [3.63, 3.8) is 0 Å². The largest absolute Gasteiger partial charge is 0.308 e. The average molecular weight is 319 g/mol. The molecule has 0 unspecified atom stereocenters. The molecule has 1 heterocycles. The van der Waals surface area contributed by atoms with E-state index in [4.69, 9.17) is 0 Å². The average Bonchev–Trinajstić information content (AvgIpc) is 2.62. The van der Waals surface area contributed by atoms with Gasteiger partial charge in [0, 0.05) is 15.5 Å². The Morgan fingerprint density at radius 3 is 2.13 bits per heavy atom. The Hall–Kier alpha value is -2.19. The molecule has 0 amide bonds. The fourth-order valence-electron chi connectivity index (χ4n) is 2.72. The monoisotopic (exact) mass is 319 g/mol. The van der Waals surface area contributed by atoms with Crippen LogP contribution in [0.1, 0.15) is 19.4 Å². The van der Waals surface area contributed by atoms with Crippen LogP contribution in [0.2, 0.25) is 0 Å². The van der Waals surface area contributed by atoms with Crippen molar-refractivity contribution in [2.24, 2.45) is 0 Å². The third-order valence-electron chi connectivity index (χ3n) is 3.70.